The second-order valence-corrected chi connectivity index (χ2v) is 6.04. The lowest BCUT2D eigenvalue weighted by Gasteiger charge is -2.37. The first-order chi connectivity index (χ1) is 11.2. The van der Waals surface area contributed by atoms with Crippen LogP contribution in [0.5, 0.6) is 0 Å². The SMILES string of the molecule is CCC(CC)C(=O)N1CCN(c2ncnc3ccccc23)CC1. The van der Waals surface area contributed by atoms with Crippen LogP contribution in [0.25, 0.3) is 10.9 Å². The lowest BCUT2D eigenvalue weighted by atomic mass is 10.0. The molecule has 1 fully saturated rings. The van der Waals surface area contributed by atoms with Crippen molar-refractivity contribution < 1.29 is 4.79 Å². The summed E-state index contributed by atoms with van der Waals surface area (Å²) >= 11 is 0. The van der Waals surface area contributed by atoms with Gasteiger partial charge in [-0.3, -0.25) is 4.79 Å². The first-order valence-corrected chi connectivity index (χ1v) is 8.48. The van der Waals surface area contributed by atoms with Gasteiger partial charge in [0.25, 0.3) is 0 Å². The molecule has 23 heavy (non-hydrogen) atoms. The Balaban J connectivity index is 1.72. The van der Waals surface area contributed by atoms with Gasteiger partial charge in [0.2, 0.25) is 5.91 Å². The topological polar surface area (TPSA) is 49.3 Å². The van der Waals surface area contributed by atoms with E-state index < -0.39 is 0 Å². The third-order valence-electron chi connectivity index (χ3n) is 4.75. The standard InChI is InChI=1S/C18H24N4O/c1-3-14(4-2)18(23)22-11-9-21(10-12-22)17-15-7-5-6-8-16(15)19-13-20-17/h5-8,13-14H,3-4,9-12H2,1-2H3. The summed E-state index contributed by atoms with van der Waals surface area (Å²) in [6.07, 6.45) is 3.47. The van der Waals surface area contributed by atoms with Gasteiger partial charge >= 0.3 is 0 Å². The molecule has 1 aromatic heterocycles. The summed E-state index contributed by atoms with van der Waals surface area (Å²) in [7, 11) is 0. The van der Waals surface area contributed by atoms with Gasteiger partial charge in [-0.2, -0.15) is 0 Å². The molecule has 0 unspecified atom stereocenters. The Morgan fingerprint density at radius 2 is 1.78 bits per heavy atom. The highest BCUT2D eigenvalue weighted by Gasteiger charge is 2.26. The van der Waals surface area contributed by atoms with Crippen molar-refractivity contribution in [2.75, 3.05) is 31.1 Å². The van der Waals surface area contributed by atoms with Crippen LogP contribution in [0.3, 0.4) is 0 Å². The smallest absolute Gasteiger partial charge is 0.225 e. The third kappa shape index (κ3) is 3.14. The highest BCUT2D eigenvalue weighted by molar-refractivity contribution is 5.89. The zero-order valence-electron chi connectivity index (χ0n) is 13.9. The monoisotopic (exact) mass is 312 g/mol. The van der Waals surface area contributed by atoms with Gasteiger partial charge in [-0.15, -0.1) is 0 Å². The van der Waals surface area contributed by atoms with Crippen LogP contribution in [0.2, 0.25) is 0 Å². The fraction of sp³-hybridized carbons (Fsp3) is 0.500. The van der Waals surface area contributed by atoms with Crippen molar-refractivity contribution in [3.05, 3.63) is 30.6 Å². The van der Waals surface area contributed by atoms with Crippen LogP contribution in [0.15, 0.2) is 30.6 Å². The van der Waals surface area contributed by atoms with E-state index in [9.17, 15) is 4.79 Å². The first-order valence-electron chi connectivity index (χ1n) is 8.48. The summed E-state index contributed by atoms with van der Waals surface area (Å²) < 4.78 is 0. The second-order valence-electron chi connectivity index (χ2n) is 6.04. The number of anilines is 1. The fourth-order valence-corrected chi connectivity index (χ4v) is 3.28. The molecule has 0 bridgehead atoms. The molecule has 0 spiro atoms. The molecule has 1 aliphatic heterocycles. The summed E-state index contributed by atoms with van der Waals surface area (Å²) in [4.78, 5) is 25.6. The van der Waals surface area contributed by atoms with Gasteiger partial charge in [-0.05, 0) is 25.0 Å². The van der Waals surface area contributed by atoms with E-state index in [1.807, 2.05) is 23.1 Å². The molecule has 5 heteroatoms. The largest absolute Gasteiger partial charge is 0.352 e. The van der Waals surface area contributed by atoms with Crippen LogP contribution in [0.1, 0.15) is 26.7 Å². The molecule has 0 radical (unpaired) electrons. The van der Waals surface area contributed by atoms with Crippen LogP contribution >= 0.6 is 0 Å². The zero-order valence-corrected chi connectivity index (χ0v) is 13.9. The van der Waals surface area contributed by atoms with Crippen molar-refractivity contribution in [1.82, 2.24) is 14.9 Å². The van der Waals surface area contributed by atoms with Gasteiger partial charge in [0.05, 0.1) is 5.52 Å². The van der Waals surface area contributed by atoms with Gasteiger partial charge in [-0.25, -0.2) is 9.97 Å². The third-order valence-corrected chi connectivity index (χ3v) is 4.75. The van der Waals surface area contributed by atoms with Gasteiger partial charge in [0, 0.05) is 37.5 Å². The average molecular weight is 312 g/mol. The summed E-state index contributed by atoms with van der Waals surface area (Å²) in [5.41, 5.74) is 0.966. The Morgan fingerprint density at radius 1 is 1.09 bits per heavy atom. The molecule has 0 N–H and O–H groups in total. The second kappa shape index (κ2) is 6.94. The summed E-state index contributed by atoms with van der Waals surface area (Å²) in [5, 5.41) is 1.08. The van der Waals surface area contributed by atoms with Crippen LogP contribution in [0.4, 0.5) is 5.82 Å². The molecule has 1 amide bonds. The highest BCUT2D eigenvalue weighted by atomic mass is 16.2. The molecule has 1 aliphatic rings. The number of fused-ring (bicyclic) bond motifs is 1. The van der Waals surface area contributed by atoms with E-state index in [0.29, 0.717) is 5.91 Å². The van der Waals surface area contributed by atoms with E-state index >= 15 is 0 Å². The van der Waals surface area contributed by atoms with Crippen molar-refractivity contribution in [3.63, 3.8) is 0 Å². The number of amides is 1. The molecule has 2 aromatic rings. The number of carbonyl (C=O) groups is 1. The molecule has 2 heterocycles. The number of para-hydroxylation sites is 1. The van der Waals surface area contributed by atoms with E-state index in [-0.39, 0.29) is 5.92 Å². The van der Waals surface area contributed by atoms with E-state index in [1.165, 1.54) is 0 Å². The van der Waals surface area contributed by atoms with Crippen molar-refractivity contribution in [1.29, 1.82) is 0 Å². The number of piperazine rings is 1. The minimum Gasteiger partial charge on any atom is -0.352 e. The number of carbonyl (C=O) groups excluding carboxylic acids is 1. The Hall–Kier alpha value is -2.17. The van der Waals surface area contributed by atoms with Gasteiger partial charge < -0.3 is 9.80 Å². The van der Waals surface area contributed by atoms with Crippen LogP contribution < -0.4 is 4.90 Å². The zero-order chi connectivity index (χ0) is 16.2. The van der Waals surface area contributed by atoms with E-state index in [4.69, 9.17) is 0 Å². The maximum atomic E-state index is 12.5. The lowest BCUT2D eigenvalue weighted by molar-refractivity contribution is -0.136. The summed E-state index contributed by atoms with van der Waals surface area (Å²) in [6, 6.07) is 8.08. The molecule has 5 nitrogen and oxygen atoms in total. The Labute approximate surface area is 137 Å². The van der Waals surface area contributed by atoms with Gasteiger partial charge in [-0.1, -0.05) is 26.0 Å². The molecule has 0 atom stereocenters. The number of aromatic nitrogens is 2. The number of nitrogens with zero attached hydrogens (tertiary/aromatic N) is 4. The van der Waals surface area contributed by atoms with Crippen LogP contribution in [-0.2, 0) is 4.79 Å². The van der Waals surface area contributed by atoms with E-state index in [1.54, 1.807) is 6.33 Å². The quantitative estimate of drug-likeness (QED) is 0.871. The van der Waals surface area contributed by atoms with Crippen LogP contribution in [0, 0.1) is 5.92 Å². The maximum Gasteiger partial charge on any atom is 0.225 e. The van der Waals surface area contributed by atoms with E-state index in [2.05, 4.69) is 34.8 Å². The molecule has 122 valence electrons. The Kier molecular flexibility index (Phi) is 4.74. The number of benzene rings is 1. The minimum absolute atomic E-state index is 0.168. The van der Waals surface area contributed by atoms with Gasteiger partial charge in [0.1, 0.15) is 12.1 Å². The van der Waals surface area contributed by atoms with Crippen molar-refractivity contribution >= 4 is 22.6 Å². The van der Waals surface area contributed by atoms with Crippen molar-refractivity contribution in [2.45, 2.75) is 26.7 Å². The minimum atomic E-state index is 0.168. The highest BCUT2D eigenvalue weighted by Crippen LogP contribution is 2.24. The molecule has 1 saturated heterocycles. The van der Waals surface area contributed by atoms with Crippen molar-refractivity contribution in [2.24, 2.45) is 5.92 Å². The number of hydrogen-bond donors (Lipinski definition) is 0. The predicted molar refractivity (Wildman–Crippen MR) is 92.4 cm³/mol. The molecule has 0 saturated carbocycles. The normalized spacial score (nSPS) is 15.4. The fourth-order valence-electron chi connectivity index (χ4n) is 3.28. The summed E-state index contributed by atoms with van der Waals surface area (Å²) in [5.74, 6) is 1.45. The molecular formula is C18H24N4O. The Morgan fingerprint density at radius 3 is 2.48 bits per heavy atom. The molecule has 0 aliphatic carbocycles. The van der Waals surface area contributed by atoms with Crippen molar-refractivity contribution in [3.8, 4) is 0 Å². The van der Waals surface area contributed by atoms with Gasteiger partial charge in [0.15, 0.2) is 0 Å². The first kappa shape index (κ1) is 15.7. The number of rotatable bonds is 4. The lowest BCUT2D eigenvalue weighted by Crippen LogP contribution is -2.50. The van der Waals surface area contributed by atoms with Crippen LogP contribution in [-0.4, -0.2) is 47.0 Å². The average Bonchev–Trinajstić information content (AvgIpc) is 2.62. The molecule has 3 rings (SSSR count). The Bertz CT molecular complexity index is 670. The summed E-state index contributed by atoms with van der Waals surface area (Å²) in [6.45, 7) is 7.38. The molecule has 1 aromatic carbocycles. The maximum absolute atomic E-state index is 12.5. The predicted octanol–water partition coefficient (Wildman–Crippen LogP) is 2.71. The number of hydrogen-bond acceptors (Lipinski definition) is 4. The van der Waals surface area contributed by atoms with E-state index in [0.717, 1.165) is 55.7 Å². The molecular weight excluding hydrogens is 288 g/mol.